The summed E-state index contributed by atoms with van der Waals surface area (Å²) >= 11 is 0. The molecule has 0 N–H and O–H groups in total. The monoisotopic (exact) mass is 180 g/mol. The van der Waals surface area contributed by atoms with E-state index in [0.29, 0.717) is 17.1 Å². The number of carbonyl (C=O) groups excluding carboxylic acids is 1. The van der Waals surface area contributed by atoms with Crippen molar-refractivity contribution in [1.29, 1.82) is 0 Å². The smallest absolute Gasteiger partial charge is 0.136 e. The third-order valence-electron chi connectivity index (χ3n) is 4.55. The maximum absolute atomic E-state index is 11.7. The van der Waals surface area contributed by atoms with Crippen LogP contribution < -0.4 is 0 Å². The molecule has 0 radical (unpaired) electrons. The second-order valence-electron chi connectivity index (χ2n) is 5.06. The Kier molecular flexibility index (Phi) is 2.21. The van der Waals surface area contributed by atoms with E-state index < -0.39 is 0 Å². The highest BCUT2D eigenvalue weighted by molar-refractivity contribution is 5.83. The molecule has 0 unspecified atom stereocenters. The first kappa shape index (κ1) is 9.23. The predicted octanol–water partition coefficient (Wildman–Crippen LogP) is 3.18. The summed E-state index contributed by atoms with van der Waals surface area (Å²) in [5.41, 5.74) is 0.379. The van der Waals surface area contributed by atoms with Crippen LogP contribution in [-0.4, -0.2) is 5.78 Å². The summed E-state index contributed by atoms with van der Waals surface area (Å²) in [4.78, 5) is 11.7. The van der Waals surface area contributed by atoms with E-state index in [1.54, 1.807) is 0 Å². The van der Waals surface area contributed by atoms with Crippen molar-refractivity contribution in [3.05, 3.63) is 0 Å². The van der Waals surface area contributed by atoms with Gasteiger partial charge in [-0.05, 0) is 37.0 Å². The Balaban J connectivity index is 2.23. The van der Waals surface area contributed by atoms with E-state index >= 15 is 0 Å². The van der Waals surface area contributed by atoms with Crippen LogP contribution in [0.25, 0.3) is 0 Å². The highest BCUT2D eigenvalue weighted by Gasteiger charge is 2.49. The Morgan fingerprint density at radius 1 is 1.46 bits per heavy atom. The molecular weight excluding hydrogens is 160 g/mol. The predicted molar refractivity (Wildman–Crippen MR) is 53.5 cm³/mol. The standard InChI is InChI=1S/C12H20O/c1-3-9-6-7-10-11(13)5-4-8-12(9,10)2/h9-10H,3-8H2,1-2H3/t9-,10-,12+/m0/s1. The molecule has 1 heteroatoms. The summed E-state index contributed by atoms with van der Waals surface area (Å²) in [6.07, 6.45) is 7.03. The molecule has 0 spiro atoms. The molecule has 0 aromatic heterocycles. The molecule has 0 aliphatic heterocycles. The zero-order chi connectivity index (χ0) is 9.47. The van der Waals surface area contributed by atoms with Crippen molar-refractivity contribution in [3.8, 4) is 0 Å². The fourth-order valence-corrected chi connectivity index (χ4v) is 3.71. The van der Waals surface area contributed by atoms with Gasteiger partial charge in [-0.15, -0.1) is 0 Å². The van der Waals surface area contributed by atoms with E-state index in [2.05, 4.69) is 13.8 Å². The first-order chi connectivity index (χ1) is 6.18. The molecule has 2 aliphatic carbocycles. The maximum atomic E-state index is 11.7. The molecule has 2 fully saturated rings. The van der Waals surface area contributed by atoms with Gasteiger partial charge in [0, 0.05) is 12.3 Å². The summed E-state index contributed by atoms with van der Waals surface area (Å²) in [7, 11) is 0. The van der Waals surface area contributed by atoms with Crippen molar-refractivity contribution < 1.29 is 4.79 Å². The van der Waals surface area contributed by atoms with Gasteiger partial charge >= 0.3 is 0 Å². The van der Waals surface area contributed by atoms with Crippen LogP contribution in [0.1, 0.15) is 52.4 Å². The molecule has 1 nitrogen and oxygen atoms in total. The molecule has 3 atom stereocenters. The van der Waals surface area contributed by atoms with Crippen LogP contribution in [0.2, 0.25) is 0 Å². The molecule has 13 heavy (non-hydrogen) atoms. The molecule has 2 saturated carbocycles. The second kappa shape index (κ2) is 3.11. The van der Waals surface area contributed by atoms with E-state index in [4.69, 9.17) is 0 Å². The van der Waals surface area contributed by atoms with Crippen molar-refractivity contribution in [1.82, 2.24) is 0 Å². The van der Waals surface area contributed by atoms with Crippen LogP contribution in [0.4, 0.5) is 0 Å². The van der Waals surface area contributed by atoms with Gasteiger partial charge in [0.05, 0.1) is 0 Å². The first-order valence-electron chi connectivity index (χ1n) is 5.71. The number of ketones is 1. The number of hydrogen-bond donors (Lipinski definition) is 0. The fraction of sp³-hybridized carbons (Fsp3) is 0.917. The lowest BCUT2D eigenvalue weighted by Crippen LogP contribution is -2.37. The van der Waals surface area contributed by atoms with E-state index in [-0.39, 0.29) is 0 Å². The van der Waals surface area contributed by atoms with E-state index in [9.17, 15) is 4.79 Å². The van der Waals surface area contributed by atoms with Gasteiger partial charge in [0.25, 0.3) is 0 Å². The van der Waals surface area contributed by atoms with Crippen LogP contribution in [-0.2, 0) is 4.79 Å². The van der Waals surface area contributed by atoms with Crippen LogP contribution in [0.5, 0.6) is 0 Å². The molecule has 2 aliphatic rings. The van der Waals surface area contributed by atoms with Crippen molar-refractivity contribution in [3.63, 3.8) is 0 Å². The summed E-state index contributed by atoms with van der Waals surface area (Å²) in [6, 6.07) is 0. The minimum Gasteiger partial charge on any atom is -0.299 e. The van der Waals surface area contributed by atoms with Crippen LogP contribution in [0.3, 0.4) is 0 Å². The van der Waals surface area contributed by atoms with E-state index in [1.807, 2.05) is 0 Å². The van der Waals surface area contributed by atoms with Crippen molar-refractivity contribution >= 4 is 5.78 Å². The maximum Gasteiger partial charge on any atom is 0.136 e. The van der Waals surface area contributed by atoms with E-state index in [1.165, 1.54) is 25.7 Å². The van der Waals surface area contributed by atoms with Gasteiger partial charge in [0.15, 0.2) is 0 Å². The normalized spacial score (nSPS) is 44.9. The third-order valence-corrected chi connectivity index (χ3v) is 4.55. The van der Waals surface area contributed by atoms with Crippen LogP contribution in [0.15, 0.2) is 0 Å². The third kappa shape index (κ3) is 1.24. The average Bonchev–Trinajstić information content (AvgIpc) is 2.43. The molecule has 0 aromatic carbocycles. The fourth-order valence-electron chi connectivity index (χ4n) is 3.71. The summed E-state index contributed by atoms with van der Waals surface area (Å²) < 4.78 is 0. The minimum atomic E-state index is 0.379. The minimum absolute atomic E-state index is 0.379. The summed E-state index contributed by atoms with van der Waals surface area (Å²) in [5.74, 6) is 1.80. The van der Waals surface area contributed by atoms with Crippen LogP contribution in [0, 0.1) is 17.3 Å². The van der Waals surface area contributed by atoms with Crippen molar-refractivity contribution in [2.24, 2.45) is 17.3 Å². The average molecular weight is 180 g/mol. The Morgan fingerprint density at radius 2 is 2.23 bits per heavy atom. The molecule has 0 heterocycles. The number of rotatable bonds is 1. The number of Topliss-reactive ketones (excluding diaryl/α,β-unsaturated/α-hetero) is 1. The van der Waals surface area contributed by atoms with Crippen molar-refractivity contribution in [2.75, 3.05) is 0 Å². The number of fused-ring (bicyclic) bond motifs is 1. The van der Waals surface area contributed by atoms with E-state index in [0.717, 1.165) is 18.8 Å². The molecule has 0 amide bonds. The van der Waals surface area contributed by atoms with Gasteiger partial charge in [-0.2, -0.15) is 0 Å². The lowest BCUT2D eigenvalue weighted by Gasteiger charge is -2.39. The second-order valence-corrected chi connectivity index (χ2v) is 5.06. The molecule has 2 rings (SSSR count). The highest BCUT2D eigenvalue weighted by atomic mass is 16.1. The Labute approximate surface area is 80.9 Å². The summed E-state index contributed by atoms with van der Waals surface area (Å²) in [6.45, 7) is 4.63. The zero-order valence-electron chi connectivity index (χ0n) is 8.81. The number of carbonyl (C=O) groups is 1. The molecule has 0 aromatic rings. The SMILES string of the molecule is CC[C@H]1CC[C@H]2C(=O)CCC[C@]12C. The van der Waals surface area contributed by atoms with Gasteiger partial charge < -0.3 is 0 Å². The molecular formula is C12H20O. The van der Waals surface area contributed by atoms with Gasteiger partial charge in [-0.3, -0.25) is 4.79 Å². The van der Waals surface area contributed by atoms with Crippen molar-refractivity contribution in [2.45, 2.75) is 52.4 Å². The lowest BCUT2D eigenvalue weighted by atomic mass is 9.64. The molecule has 74 valence electrons. The molecule has 0 bridgehead atoms. The largest absolute Gasteiger partial charge is 0.299 e. The summed E-state index contributed by atoms with van der Waals surface area (Å²) in [5, 5.41) is 0. The number of hydrogen-bond acceptors (Lipinski definition) is 1. The molecule has 0 saturated heterocycles. The highest BCUT2D eigenvalue weighted by Crippen LogP contribution is 2.55. The lowest BCUT2D eigenvalue weighted by molar-refractivity contribution is -0.129. The topological polar surface area (TPSA) is 17.1 Å². The quantitative estimate of drug-likeness (QED) is 0.605. The van der Waals surface area contributed by atoms with Gasteiger partial charge in [-0.1, -0.05) is 20.3 Å². The first-order valence-corrected chi connectivity index (χ1v) is 5.71. The Bertz CT molecular complexity index is 221. The van der Waals surface area contributed by atoms with Gasteiger partial charge in [-0.25, -0.2) is 0 Å². The Hall–Kier alpha value is -0.330. The van der Waals surface area contributed by atoms with Crippen LogP contribution >= 0.6 is 0 Å². The van der Waals surface area contributed by atoms with Gasteiger partial charge in [0.2, 0.25) is 0 Å². The zero-order valence-corrected chi connectivity index (χ0v) is 8.81. The van der Waals surface area contributed by atoms with Gasteiger partial charge in [0.1, 0.15) is 5.78 Å². The Morgan fingerprint density at radius 3 is 2.92 bits per heavy atom.